The summed E-state index contributed by atoms with van der Waals surface area (Å²) < 4.78 is 14.6. The molecule has 0 saturated carbocycles. The van der Waals surface area contributed by atoms with Crippen molar-refractivity contribution >= 4 is 40.1 Å². The molecule has 1 saturated heterocycles. The van der Waals surface area contributed by atoms with Crippen LogP contribution in [-0.2, 0) is 17.6 Å². The van der Waals surface area contributed by atoms with Gasteiger partial charge in [-0.1, -0.05) is 23.8 Å². The first-order valence-electron chi connectivity index (χ1n) is 14.1. The second-order valence-corrected chi connectivity index (χ2v) is 11.8. The monoisotopic (exact) mass is 538 g/mol. The molecule has 2 aromatic heterocycles. The van der Waals surface area contributed by atoms with Crippen LogP contribution in [0.5, 0.6) is 0 Å². The first-order chi connectivity index (χ1) is 19.4. The summed E-state index contributed by atoms with van der Waals surface area (Å²) in [6.45, 7) is 4.89. The van der Waals surface area contributed by atoms with E-state index in [0.717, 1.165) is 49.4 Å². The highest BCUT2D eigenvalue weighted by Crippen LogP contribution is 2.51. The van der Waals surface area contributed by atoms with Gasteiger partial charge in [-0.15, -0.1) is 0 Å². The van der Waals surface area contributed by atoms with Crippen LogP contribution < -0.4 is 20.4 Å². The summed E-state index contributed by atoms with van der Waals surface area (Å²) in [6.07, 6.45) is 5.81. The lowest BCUT2D eigenvalue weighted by atomic mass is 9.73. The van der Waals surface area contributed by atoms with E-state index in [1.165, 1.54) is 28.8 Å². The average molecular weight is 539 g/mol. The molecule has 3 aliphatic heterocycles. The zero-order chi connectivity index (χ0) is 27.2. The SMILES string of the molecule is Cc1ccc2c(c1)[C@@H](N)C1(CCN(c3cnc4c(N5CCN6C(=O)CCc7cc(F)cc5c76)n[nH]c4n3)CC1)C2. The van der Waals surface area contributed by atoms with E-state index in [9.17, 15) is 9.18 Å². The van der Waals surface area contributed by atoms with Crippen molar-refractivity contribution in [1.82, 2.24) is 20.2 Å². The quantitative estimate of drug-likeness (QED) is 0.396. The lowest BCUT2D eigenvalue weighted by Crippen LogP contribution is -2.45. The zero-order valence-corrected chi connectivity index (χ0v) is 22.5. The van der Waals surface area contributed by atoms with E-state index in [2.05, 4.69) is 40.2 Å². The lowest BCUT2D eigenvalue weighted by Gasteiger charge is -2.42. The van der Waals surface area contributed by atoms with E-state index in [0.29, 0.717) is 48.6 Å². The van der Waals surface area contributed by atoms with E-state index >= 15 is 0 Å². The third-order valence-corrected chi connectivity index (χ3v) is 9.57. The molecule has 4 aromatic rings. The Balaban J connectivity index is 1.06. The number of amides is 1. The molecule has 0 radical (unpaired) electrons. The van der Waals surface area contributed by atoms with Gasteiger partial charge in [0.15, 0.2) is 17.0 Å². The molecule has 1 amide bonds. The van der Waals surface area contributed by atoms with Gasteiger partial charge in [-0.2, -0.15) is 5.10 Å². The zero-order valence-electron chi connectivity index (χ0n) is 22.5. The minimum atomic E-state index is -0.314. The van der Waals surface area contributed by atoms with Gasteiger partial charge in [-0.25, -0.2) is 14.4 Å². The number of aromatic nitrogens is 4. The summed E-state index contributed by atoms with van der Waals surface area (Å²) in [6, 6.07) is 9.79. The molecule has 0 unspecified atom stereocenters. The van der Waals surface area contributed by atoms with E-state index in [1.807, 2.05) is 11.1 Å². The number of H-pyrrole nitrogens is 1. The van der Waals surface area contributed by atoms with Gasteiger partial charge < -0.3 is 20.4 Å². The second-order valence-electron chi connectivity index (χ2n) is 11.8. The highest BCUT2D eigenvalue weighted by atomic mass is 19.1. The molecule has 1 atom stereocenters. The number of rotatable bonds is 2. The number of aromatic amines is 1. The molecule has 9 nitrogen and oxygen atoms in total. The first-order valence-corrected chi connectivity index (χ1v) is 14.1. The predicted molar refractivity (Wildman–Crippen MR) is 151 cm³/mol. The first kappa shape index (κ1) is 23.8. The molecule has 5 heterocycles. The maximum absolute atomic E-state index is 14.6. The maximum atomic E-state index is 14.6. The number of piperidine rings is 1. The molecule has 0 bridgehead atoms. The van der Waals surface area contributed by atoms with Gasteiger partial charge in [0.1, 0.15) is 11.6 Å². The summed E-state index contributed by atoms with van der Waals surface area (Å²) in [5, 5.41) is 7.62. The van der Waals surface area contributed by atoms with Crippen molar-refractivity contribution in [2.45, 2.75) is 45.1 Å². The molecule has 40 heavy (non-hydrogen) atoms. The summed E-state index contributed by atoms with van der Waals surface area (Å²) >= 11 is 0. The van der Waals surface area contributed by atoms with Crippen LogP contribution in [0, 0.1) is 18.2 Å². The number of nitrogens with two attached hydrogens (primary N) is 1. The van der Waals surface area contributed by atoms with Crippen LogP contribution in [0.25, 0.3) is 11.2 Å². The molecule has 8 rings (SSSR count). The van der Waals surface area contributed by atoms with Crippen LogP contribution >= 0.6 is 0 Å². The standard InChI is InChI=1S/C30H31FN8O/c1-17-2-3-19-15-30(27(32)21(19)12-17)6-8-37(9-7-30)23-16-33-25-28(34-23)35-36-29(25)38-10-11-39-24(40)5-4-18-13-20(31)14-22(38)26(18)39/h2-3,12-14,16,27H,4-11,15,32H2,1H3,(H,34,35,36)/t27-/m1/s1. The number of hydrogen-bond acceptors (Lipinski definition) is 7. The number of hydrogen-bond donors (Lipinski definition) is 2. The summed E-state index contributed by atoms with van der Waals surface area (Å²) in [5.41, 5.74) is 14.4. The van der Waals surface area contributed by atoms with Crippen molar-refractivity contribution in [3.8, 4) is 0 Å². The Bertz CT molecular complexity index is 1690. The number of halogens is 1. The topological polar surface area (TPSA) is 107 Å². The van der Waals surface area contributed by atoms with Crippen LogP contribution in [0.15, 0.2) is 36.5 Å². The Kier molecular flexibility index (Phi) is 5.04. The largest absolute Gasteiger partial charge is 0.355 e. The van der Waals surface area contributed by atoms with E-state index in [4.69, 9.17) is 15.7 Å². The van der Waals surface area contributed by atoms with Gasteiger partial charge in [-0.3, -0.25) is 9.89 Å². The minimum Gasteiger partial charge on any atom is -0.355 e. The molecule has 3 N–H and O–H groups in total. The van der Waals surface area contributed by atoms with Crippen LogP contribution in [-0.4, -0.2) is 52.3 Å². The third kappa shape index (κ3) is 3.41. The highest BCUT2D eigenvalue weighted by molar-refractivity contribution is 6.03. The van der Waals surface area contributed by atoms with E-state index < -0.39 is 0 Å². The molecule has 204 valence electrons. The minimum absolute atomic E-state index is 0.0672. The van der Waals surface area contributed by atoms with Crippen molar-refractivity contribution in [2.24, 2.45) is 11.1 Å². The number of nitrogens with zero attached hydrogens (tertiary/aromatic N) is 6. The molecule has 1 fully saturated rings. The van der Waals surface area contributed by atoms with Crippen molar-refractivity contribution in [3.05, 3.63) is 64.6 Å². The number of carbonyl (C=O) groups excluding carboxylic acids is 1. The predicted octanol–water partition coefficient (Wildman–Crippen LogP) is 4.07. The van der Waals surface area contributed by atoms with Crippen LogP contribution in [0.2, 0.25) is 0 Å². The normalized spacial score (nSPS) is 21.3. The van der Waals surface area contributed by atoms with Crippen molar-refractivity contribution < 1.29 is 9.18 Å². The molecule has 4 aliphatic rings. The fourth-order valence-electron chi connectivity index (χ4n) is 7.40. The maximum Gasteiger partial charge on any atom is 0.227 e. The van der Waals surface area contributed by atoms with Gasteiger partial charge in [0.2, 0.25) is 5.91 Å². The number of benzene rings is 2. The fraction of sp³-hybridized carbons (Fsp3) is 0.400. The molecule has 1 spiro atoms. The Morgan fingerprint density at radius 1 is 1.05 bits per heavy atom. The molecular formula is C30H31FN8O. The lowest BCUT2D eigenvalue weighted by molar-refractivity contribution is -0.118. The average Bonchev–Trinajstić information content (AvgIpc) is 3.49. The van der Waals surface area contributed by atoms with Crippen molar-refractivity contribution in [2.75, 3.05) is 40.9 Å². The van der Waals surface area contributed by atoms with E-state index in [-0.39, 0.29) is 23.2 Å². The molecule has 1 aliphatic carbocycles. The summed E-state index contributed by atoms with van der Waals surface area (Å²) in [5.74, 6) is 1.18. The number of carbonyl (C=O) groups is 1. The number of anilines is 4. The second kappa shape index (κ2) is 8.47. The van der Waals surface area contributed by atoms with Gasteiger partial charge in [0.05, 0.1) is 17.6 Å². The smallest absolute Gasteiger partial charge is 0.227 e. The van der Waals surface area contributed by atoms with Crippen molar-refractivity contribution in [3.63, 3.8) is 0 Å². The van der Waals surface area contributed by atoms with Crippen LogP contribution in [0.3, 0.4) is 0 Å². The molecule has 2 aromatic carbocycles. The Morgan fingerprint density at radius 2 is 1.88 bits per heavy atom. The third-order valence-electron chi connectivity index (χ3n) is 9.57. The number of nitrogens with one attached hydrogen (secondary N) is 1. The van der Waals surface area contributed by atoms with E-state index in [1.54, 1.807) is 4.90 Å². The number of aryl methyl sites for hydroxylation is 2. The van der Waals surface area contributed by atoms with Gasteiger partial charge in [0.25, 0.3) is 0 Å². The van der Waals surface area contributed by atoms with Gasteiger partial charge in [0, 0.05) is 38.6 Å². The highest BCUT2D eigenvalue weighted by Gasteiger charge is 2.46. The van der Waals surface area contributed by atoms with Crippen LogP contribution in [0.4, 0.5) is 27.4 Å². The fourth-order valence-corrected chi connectivity index (χ4v) is 7.40. The summed E-state index contributed by atoms with van der Waals surface area (Å²) in [7, 11) is 0. The van der Waals surface area contributed by atoms with Gasteiger partial charge in [-0.05, 0) is 66.8 Å². The van der Waals surface area contributed by atoms with Gasteiger partial charge >= 0.3 is 0 Å². The number of fused-ring (bicyclic) bond motifs is 2. The summed E-state index contributed by atoms with van der Waals surface area (Å²) in [4.78, 5) is 28.3. The Morgan fingerprint density at radius 3 is 2.73 bits per heavy atom. The van der Waals surface area contributed by atoms with Crippen LogP contribution in [0.1, 0.15) is 47.6 Å². The van der Waals surface area contributed by atoms with Crippen molar-refractivity contribution in [1.29, 1.82) is 0 Å². The molecular weight excluding hydrogens is 507 g/mol. The molecule has 10 heteroatoms. The Hall–Kier alpha value is -4.05. The Labute approximate surface area is 231 Å².